The van der Waals surface area contributed by atoms with Crippen LogP contribution in [0.5, 0.6) is 0 Å². The van der Waals surface area contributed by atoms with Gasteiger partial charge in [-0.25, -0.2) is 8.42 Å². The molecule has 0 radical (unpaired) electrons. The van der Waals surface area contributed by atoms with Crippen molar-refractivity contribution in [1.29, 1.82) is 0 Å². The Morgan fingerprint density at radius 3 is 2.31 bits per heavy atom. The Kier molecular flexibility index (Phi) is 6.40. The van der Waals surface area contributed by atoms with E-state index in [4.69, 9.17) is 0 Å². The van der Waals surface area contributed by atoms with E-state index < -0.39 is 10.0 Å². The number of carbonyl (C=O) groups is 2. The predicted molar refractivity (Wildman–Crippen MR) is 135 cm³/mol. The van der Waals surface area contributed by atoms with Gasteiger partial charge in [0.1, 0.15) is 9.90 Å². The van der Waals surface area contributed by atoms with Gasteiger partial charge in [-0.05, 0) is 60.9 Å². The molecule has 2 amide bonds. The summed E-state index contributed by atoms with van der Waals surface area (Å²) in [6, 6.07) is 13.3. The molecule has 5 rings (SSSR count). The summed E-state index contributed by atoms with van der Waals surface area (Å²) >= 11 is 1.29. The van der Waals surface area contributed by atoms with E-state index in [0.29, 0.717) is 43.1 Å². The molecule has 8 nitrogen and oxygen atoms in total. The van der Waals surface area contributed by atoms with Crippen molar-refractivity contribution < 1.29 is 18.0 Å². The zero-order valence-electron chi connectivity index (χ0n) is 18.9. The van der Waals surface area contributed by atoms with Crippen LogP contribution < -0.4 is 4.72 Å². The summed E-state index contributed by atoms with van der Waals surface area (Å²) in [6.07, 6.45) is 7.37. The van der Waals surface area contributed by atoms with Gasteiger partial charge in [0.15, 0.2) is 0 Å². The van der Waals surface area contributed by atoms with Gasteiger partial charge in [0.25, 0.3) is 21.8 Å². The van der Waals surface area contributed by atoms with Crippen molar-refractivity contribution in [3.8, 4) is 0 Å². The fourth-order valence-corrected chi connectivity index (χ4v) is 6.73. The third-order valence-corrected chi connectivity index (χ3v) is 9.11. The summed E-state index contributed by atoms with van der Waals surface area (Å²) in [5, 5.41) is 0. The zero-order chi connectivity index (χ0) is 24.4. The molecule has 3 heterocycles. The Labute approximate surface area is 208 Å². The second kappa shape index (κ2) is 9.63. The highest BCUT2D eigenvalue weighted by Crippen LogP contribution is 2.32. The molecule has 1 saturated heterocycles. The molecule has 2 aliphatic rings. The van der Waals surface area contributed by atoms with Crippen LogP contribution in [-0.2, 0) is 16.4 Å². The van der Waals surface area contributed by atoms with Gasteiger partial charge < -0.3 is 9.80 Å². The number of nitrogens with zero attached hydrogens (tertiary/aromatic N) is 3. The monoisotopic (exact) mass is 508 g/mol. The van der Waals surface area contributed by atoms with E-state index in [9.17, 15) is 18.0 Å². The number of pyridine rings is 1. The highest BCUT2D eigenvalue weighted by molar-refractivity contribution is 7.94. The lowest BCUT2D eigenvalue weighted by atomic mass is 10.1. The number of aromatic nitrogens is 1. The molecule has 1 fully saturated rings. The lowest BCUT2D eigenvalue weighted by Gasteiger charge is -2.34. The molecule has 1 aromatic carbocycles. The fourth-order valence-electron chi connectivity index (χ4n) is 4.14. The lowest BCUT2D eigenvalue weighted by molar-refractivity contribution is 0.0532. The molecule has 0 atom stereocenters. The van der Waals surface area contributed by atoms with Gasteiger partial charge in [-0.3, -0.25) is 19.3 Å². The second-order valence-electron chi connectivity index (χ2n) is 8.37. The van der Waals surface area contributed by atoms with E-state index in [-0.39, 0.29) is 16.0 Å². The first-order valence-corrected chi connectivity index (χ1v) is 13.6. The van der Waals surface area contributed by atoms with Gasteiger partial charge in [0.2, 0.25) is 0 Å². The number of aryl methyl sites for hydroxylation is 1. The molecule has 1 N–H and O–H groups in total. The topological polar surface area (TPSA) is 99.7 Å². The van der Waals surface area contributed by atoms with Crippen molar-refractivity contribution in [3.63, 3.8) is 0 Å². The first kappa shape index (κ1) is 23.3. The summed E-state index contributed by atoms with van der Waals surface area (Å²) in [6.45, 7) is 1.70. The minimum absolute atomic E-state index is 0.142. The largest absolute Gasteiger partial charge is 0.335 e. The minimum atomic E-state index is -3.70. The van der Waals surface area contributed by atoms with Gasteiger partial charge in [0.05, 0.1) is 0 Å². The fraction of sp³-hybridized carbons (Fsp3) is 0.240. The highest BCUT2D eigenvalue weighted by Gasteiger charge is 2.26. The number of nitrogens with one attached hydrogen (secondary N) is 1. The molecule has 0 saturated carbocycles. The number of carbonyl (C=O) groups excluding carboxylic acids is 2. The molecule has 10 heteroatoms. The standard InChI is InChI=1S/C25H24N4O4S2/c30-24(28-13-15-29(16-14-28)25(31)21-6-3-4-12-26-21)18-8-10-20(11-9-18)27-35(32,33)23-17-19-5-1-2-7-22(19)34-23/h1,3-6,8-12,17,27H,2,7,13-16H2. The van der Waals surface area contributed by atoms with Gasteiger partial charge in [-0.1, -0.05) is 18.2 Å². The van der Waals surface area contributed by atoms with Crippen molar-refractivity contribution in [3.05, 3.63) is 82.5 Å². The van der Waals surface area contributed by atoms with E-state index in [1.165, 1.54) is 11.3 Å². The van der Waals surface area contributed by atoms with Crippen LogP contribution in [-0.4, -0.2) is 61.2 Å². The summed E-state index contributed by atoms with van der Waals surface area (Å²) < 4.78 is 28.6. The summed E-state index contributed by atoms with van der Waals surface area (Å²) in [4.78, 5) is 34.1. The number of anilines is 1. The van der Waals surface area contributed by atoms with Crippen LogP contribution in [0.4, 0.5) is 5.69 Å². The van der Waals surface area contributed by atoms with Gasteiger partial charge in [-0.15, -0.1) is 11.3 Å². The molecule has 0 bridgehead atoms. The summed E-state index contributed by atoms with van der Waals surface area (Å²) in [5.41, 5.74) is 2.22. The molecule has 0 spiro atoms. The number of sulfonamides is 1. The van der Waals surface area contributed by atoms with Crippen LogP contribution in [0.1, 0.15) is 37.7 Å². The van der Waals surface area contributed by atoms with Crippen molar-refractivity contribution >= 4 is 44.9 Å². The third-order valence-electron chi connectivity index (χ3n) is 6.04. The Bertz CT molecular complexity index is 1370. The lowest BCUT2D eigenvalue weighted by Crippen LogP contribution is -2.50. The number of thiophene rings is 1. The maximum Gasteiger partial charge on any atom is 0.272 e. The van der Waals surface area contributed by atoms with Gasteiger partial charge >= 0.3 is 0 Å². The normalized spacial score (nSPS) is 15.5. The molecule has 2 aromatic heterocycles. The Balaban J connectivity index is 1.20. The number of amides is 2. The smallest absolute Gasteiger partial charge is 0.272 e. The second-order valence-corrected chi connectivity index (χ2v) is 11.4. The van der Waals surface area contributed by atoms with Crippen LogP contribution in [0.25, 0.3) is 6.08 Å². The number of hydrogen-bond acceptors (Lipinski definition) is 6. The van der Waals surface area contributed by atoms with E-state index >= 15 is 0 Å². The quantitative estimate of drug-likeness (QED) is 0.569. The van der Waals surface area contributed by atoms with Crippen LogP contribution in [0.15, 0.2) is 65.0 Å². The first-order valence-electron chi connectivity index (χ1n) is 11.3. The minimum Gasteiger partial charge on any atom is -0.335 e. The van der Waals surface area contributed by atoms with Crippen LogP contribution in [0.2, 0.25) is 0 Å². The molecular weight excluding hydrogens is 484 g/mol. The summed E-state index contributed by atoms with van der Waals surface area (Å²) in [5.74, 6) is -0.293. The molecule has 35 heavy (non-hydrogen) atoms. The predicted octanol–water partition coefficient (Wildman–Crippen LogP) is 3.50. The third kappa shape index (κ3) is 4.98. The first-order chi connectivity index (χ1) is 16.9. The van der Waals surface area contributed by atoms with E-state index in [2.05, 4.69) is 9.71 Å². The Morgan fingerprint density at radius 1 is 0.943 bits per heavy atom. The maximum absolute atomic E-state index is 12.9. The van der Waals surface area contributed by atoms with Crippen molar-refractivity contribution in [2.75, 3.05) is 30.9 Å². The molecule has 180 valence electrons. The Morgan fingerprint density at radius 2 is 1.66 bits per heavy atom. The Hall–Kier alpha value is -3.50. The van der Waals surface area contributed by atoms with Crippen LogP contribution in [0.3, 0.4) is 0 Å². The number of hydrogen-bond donors (Lipinski definition) is 1. The number of benzene rings is 1. The van der Waals surface area contributed by atoms with Crippen molar-refractivity contribution in [2.24, 2.45) is 0 Å². The van der Waals surface area contributed by atoms with E-state index in [1.807, 2.05) is 12.2 Å². The maximum atomic E-state index is 12.9. The summed E-state index contributed by atoms with van der Waals surface area (Å²) in [7, 11) is -3.70. The average Bonchev–Trinajstić information content (AvgIpc) is 3.34. The number of rotatable bonds is 5. The van der Waals surface area contributed by atoms with Gasteiger partial charge in [0, 0.05) is 48.5 Å². The molecular formula is C25H24N4O4S2. The molecule has 1 aliphatic carbocycles. The molecule has 3 aromatic rings. The van der Waals surface area contributed by atoms with E-state index in [1.54, 1.807) is 64.5 Å². The number of fused-ring (bicyclic) bond motifs is 1. The molecule has 1 aliphatic heterocycles. The van der Waals surface area contributed by atoms with Crippen LogP contribution in [0, 0.1) is 0 Å². The highest BCUT2D eigenvalue weighted by atomic mass is 32.2. The van der Waals surface area contributed by atoms with E-state index in [0.717, 1.165) is 23.3 Å². The van der Waals surface area contributed by atoms with Crippen LogP contribution >= 0.6 is 11.3 Å². The number of piperazine rings is 1. The van der Waals surface area contributed by atoms with Crippen molar-refractivity contribution in [2.45, 2.75) is 17.1 Å². The molecule has 0 unspecified atom stereocenters. The zero-order valence-corrected chi connectivity index (χ0v) is 20.5. The van der Waals surface area contributed by atoms with Crippen molar-refractivity contribution in [1.82, 2.24) is 14.8 Å². The average molecular weight is 509 g/mol. The number of allylic oxidation sites excluding steroid dienone is 1. The van der Waals surface area contributed by atoms with Gasteiger partial charge in [-0.2, -0.15) is 0 Å². The SMILES string of the molecule is O=C(c1ccc(NS(=O)(=O)c2cc3c(s2)CCC=C3)cc1)N1CCN(C(=O)c2ccccn2)CC1.